The van der Waals surface area contributed by atoms with Gasteiger partial charge in [0.15, 0.2) is 0 Å². The molecular weight excluding hydrogens is 336 g/mol. The number of rotatable bonds is 2. The van der Waals surface area contributed by atoms with E-state index in [1.54, 1.807) is 0 Å². The molecule has 5 rings (SSSR count). The summed E-state index contributed by atoms with van der Waals surface area (Å²) in [5.41, 5.74) is 11.5. The summed E-state index contributed by atoms with van der Waals surface area (Å²) in [4.78, 5) is 0. The molecule has 3 aliphatic rings. The fourth-order valence-electron chi connectivity index (χ4n) is 5.48. The van der Waals surface area contributed by atoms with E-state index in [1.165, 1.54) is 44.5 Å². The number of hydrogen-bond acceptors (Lipinski definition) is 0. The van der Waals surface area contributed by atoms with Gasteiger partial charge in [0.05, 0.1) is 5.41 Å². The van der Waals surface area contributed by atoms with Crippen LogP contribution in [0.2, 0.25) is 0 Å². The summed E-state index contributed by atoms with van der Waals surface area (Å²) in [5, 5.41) is 0. The van der Waals surface area contributed by atoms with E-state index in [1.807, 2.05) is 0 Å². The Balaban J connectivity index is 1.90. The van der Waals surface area contributed by atoms with Gasteiger partial charge in [0.25, 0.3) is 0 Å². The number of fused-ring (bicyclic) bond motifs is 2. The third-order valence-electron chi connectivity index (χ3n) is 6.91. The zero-order chi connectivity index (χ0) is 19.5. The second-order valence-corrected chi connectivity index (χ2v) is 9.21. The SMILES string of the molecule is CC1=CC=C(C2(c3ccc(C)cc3)C3=C(c4ccccc42)C(C)(C)C=C3)CC1. The Hall–Kier alpha value is -2.60. The van der Waals surface area contributed by atoms with Crippen LogP contribution in [0.3, 0.4) is 0 Å². The van der Waals surface area contributed by atoms with Gasteiger partial charge in [-0.05, 0) is 54.5 Å². The number of hydrogen-bond donors (Lipinski definition) is 0. The highest BCUT2D eigenvalue weighted by atomic mass is 14.5. The van der Waals surface area contributed by atoms with Crippen LogP contribution in [0.25, 0.3) is 5.57 Å². The molecule has 0 aliphatic heterocycles. The lowest BCUT2D eigenvalue weighted by Gasteiger charge is -2.38. The van der Waals surface area contributed by atoms with E-state index in [0.29, 0.717) is 0 Å². The molecule has 0 heterocycles. The minimum atomic E-state index is -0.166. The van der Waals surface area contributed by atoms with Crippen LogP contribution in [0.1, 0.15) is 55.9 Å². The lowest BCUT2D eigenvalue weighted by atomic mass is 9.64. The van der Waals surface area contributed by atoms with Crippen LogP contribution in [0.4, 0.5) is 0 Å². The Kier molecular flexibility index (Phi) is 3.72. The quantitative estimate of drug-likeness (QED) is 0.524. The van der Waals surface area contributed by atoms with Crippen LogP contribution in [-0.2, 0) is 5.41 Å². The molecule has 3 aliphatic carbocycles. The monoisotopic (exact) mass is 364 g/mol. The Bertz CT molecular complexity index is 1080. The molecular formula is C28H28. The van der Waals surface area contributed by atoms with E-state index >= 15 is 0 Å². The van der Waals surface area contributed by atoms with Gasteiger partial charge in [-0.2, -0.15) is 0 Å². The van der Waals surface area contributed by atoms with Crippen molar-refractivity contribution in [3.63, 3.8) is 0 Å². The van der Waals surface area contributed by atoms with Gasteiger partial charge in [0.2, 0.25) is 0 Å². The minimum Gasteiger partial charge on any atom is -0.0741 e. The average molecular weight is 365 g/mol. The molecule has 0 heteroatoms. The van der Waals surface area contributed by atoms with Gasteiger partial charge in [-0.1, -0.05) is 103 Å². The molecule has 0 fully saturated rings. The Morgan fingerprint density at radius 2 is 1.57 bits per heavy atom. The van der Waals surface area contributed by atoms with Crippen LogP contribution in [0.5, 0.6) is 0 Å². The normalized spacial score (nSPS) is 24.7. The summed E-state index contributed by atoms with van der Waals surface area (Å²) >= 11 is 0. The third kappa shape index (κ3) is 2.24. The van der Waals surface area contributed by atoms with E-state index in [0.717, 1.165) is 12.8 Å². The first kappa shape index (κ1) is 17.5. The van der Waals surface area contributed by atoms with Crippen LogP contribution >= 0.6 is 0 Å². The first-order chi connectivity index (χ1) is 13.4. The smallest absolute Gasteiger partial charge is 0.0673 e. The highest BCUT2D eigenvalue weighted by Crippen LogP contribution is 2.62. The summed E-state index contributed by atoms with van der Waals surface area (Å²) in [5.74, 6) is 0. The lowest BCUT2D eigenvalue weighted by molar-refractivity contribution is 0.658. The molecule has 0 amide bonds. The van der Waals surface area contributed by atoms with E-state index in [9.17, 15) is 0 Å². The zero-order valence-corrected chi connectivity index (χ0v) is 17.3. The molecule has 0 N–H and O–H groups in total. The molecule has 2 aromatic rings. The highest BCUT2D eigenvalue weighted by molar-refractivity contribution is 5.92. The highest BCUT2D eigenvalue weighted by Gasteiger charge is 2.51. The molecule has 0 spiro atoms. The van der Waals surface area contributed by atoms with Crippen molar-refractivity contribution in [1.82, 2.24) is 0 Å². The van der Waals surface area contributed by atoms with Crippen LogP contribution < -0.4 is 0 Å². The predicted octanol–water partition coefficient (Wildman–Crippen LogP) is 7.31. The molecule has 0 aromatic heterocycles. The summed E-state index contributed by atoms with van der Waals surface area (Å²) in [6.07, 6.45) is 11.8. The first-order valence-electron chi connectivity index (χ1n) is 10.4. The number of benzene rings is 2. The molecule has 0 saturated carbocycles. The van der Waals surface area contributed by atoms with Gasteiger partial charge in [0.1, 0.15) is 0 Å². The van der Waals surface area contributed by atoms with E-state index in [4.69, 9.17) is 0 Å². The van der Waals surface area contributed by atoms with Crippen molar-refractivity contribution in [2.45, 2.75) is 46.0 Å². The number of allylic oxidation sites excluding steroid dienone is 8. The lowest BCUT2D eigenvalue weighted by Crippen LogP contribution is -2.31. The van der Waals surface area contributed by atoms with Crippen molar-refractivity contribution in [1.29, 1.82) is 0 Å². The third-order valence-corrected chi connectivity index (χ3v) is 6.91. The van der Waals surface area contributed by atoms with Gasteiger partial charge in [0, 0.05) is 5.41 Å². The van der Waals surface area contributed by atoms with E-state index < -0.39 is 0 Å². The first-order valence-corrected chi connectivity index (χ1v) is 10.4. The van der Waals surface area contributed by atoms with Gasteiger partial charge in [-0.3, -0.25) is 0 Å². The maximum Gasteiger partial charge on any atom is 0.0673 e. The zero-order valence-electron chi connectivity index (χ0n) is 17.3. The Labute approximate surface area is 169 Å². The fourth-order valence-corrected chi connectivity index (χ4v) is 5.48. The van der Waals surface area contributed by atoms with Crippen molar-refractivity contribution >= 4 is 5.57 Å². The molecule has 0 nitrogen and oxygen atoms in total. The van der Waals surface area contributed by atoms with Crippen molar-refractivity contribution < 1.29 is 0 Å². The van der Waals surface area contributed by atoms with Crippen LogP contribution in [0.15, 0.2) is 89.6 Å². The molecule has 0 saturated heterocycles. The van der Waals surface area contributed by atoms with Crippen molar-refractivity contribution in [2.24, 2.45) is 5.41 Å². The summed E-state index contributed by atoms with van der Waals surface area (Å²) in [7, 11) is 0. The Morgan fingerprint density at radius 3 is 2.29 bits per heavy atom. The predicted molar refractivity (Wildman–Crippen MR) is 119 cm³/mol. The molecule has 140 valence electrons. The second kappa shape index (κ2) is 5.95. The van der Waals surface area contributed by atoms with Crippen molar-refractivity contribution in [3.05, 3.63) is 112 Å². The largest absolute Gasteiger partial charge is 0.0741 e. The second-order valence-electron chi connectivity index (χ2n) is 9.21. The molecule has 0 radical (unpaired) electrons. The van der Waals surface area contributed by atoms with Crippen molar-refractivity contribution in [3.8, 4) is 0 Å². The fraction of sp³-hybridized carbons (Fsp3) is 0.286. The van der Waals surface area contributed by atoms with E-state index in [2.05, 4.69) is 101 Å². The summed E-state index contributed by atoms with van der Waals surface area (Å²) in [6.45, 7) is 9.13. The van der Waals surface area contributed by atoms with Gasteiger partial charge in [-0.15, -0.1) is 0 Å². The maximum absolute atomic E-state index is 2.42. The average Bonchev–Trinajstić information content (AvgIpc) is 3.17. The van der Waals surface area contributed by atoms with Crippen molar-refractivity contribution in [2.75, 3.05) is 0 Å². The minimum absolute atomic E-state index is 0.0683. The molecule has 28 heavy (non-hydrogen) atoms. The molecule has 0 bridgehead atoms. The number of aryl methyl sites for hydroxylation is 1. The molecule has 1 atom stereocenters. The maximum atomic E-state index is 2.42. The van der Waals surface area contributed by atoms with Gasteiger partial charge >= 0.3 is 0 Å². The van der Waals surface area contributed by atoms with Gasteiger partial charge < -0.3 is 0 Å². The molecule has 1 unspecified atom stereocenters. The standard InChI is InChI=1S/C28H28/c1-19-9-13-21(14-10-19)28(22-15-11-20(2)12-16-22)24-8-6-5-7-23(24)26-25(28)17-18-27(26,3)4/h5-11,13-15,17-18H,12,16H2,1-4H3. The van der Waals surface area contributed by atoms with Gasteiger partial charge in [-0.25, -0.2) is 0 Å². The van der Waals surface area contributed by atoms with Crippen LogP contribution in [-0.4, -0.2) is 0 Å². The topological polar surface area (TPSA) is 0 Å². The summed E-state index contributed by atoms with van der Waals surface area (Å²) in [6, 6.07) is 18.4. The van der Waals surface area contributed by atoms with Crippen LogP contribution in [0, 0.1) is 12.3 Å². The summed E-state index contributed by atoms with van der Waals surface area (Å²) < 4.78 is 0. The molecule has 2 aromatic carbocycles. The Morgan fingerprint density at radius 1 is 0.821 bits per heavy atom. The van der Waals surface area contributed by atoms with E-state index in [-0.39, 0.29) is 10.8 Å².